The molecule has 0 bridgehead atoms. The van der Waals surface area contributed by atoms with Gasteiger partial charge in [0.25, 0.3) is 0 Å². The standard InChI is InChI=1S/C25H34ClN3O5S/c1-5-23(25(31)27-3)28(18-19-9-11-20(26)12-10-19)24(30)8-7-17-29(35(4,32)33)21-13-15-22(16-14-21)34-6-2/h9-16,23H,5-8,17-18H2,1-4H3,(H,27,31). The van der Waals surface area contributed by atoms with Crippen LogP contribution in [0.25, 0.3) is 0 Å². The Morgan fingerprint density at radius 1 is 1.06 bits per heavy atom. The summed E-state index contributed by atoms with van der Waals surface area (Å²) in [6.45, 7) is 4.61. The average molecular weight is 524 g/mol. The van der Waals surface area contributed by atoms with E-state index < -0.39 is 16.1 Å². The number of halogens is 1. The molecule has 0 spiro atoms. The number of likely N-dealkylation sites (N-methyl/N-ethyl adjacent to an activating group) is 1. The second-order valence-electron chi connectivity index (χ2n) is 8.05. The minimum Gasteiger partial charge on any atom is -0.494 e. The molecule has 10 heteroatoms. The molecule has 0 aromatic heterocycles. The van der Waals surface area contributed by atoms with Crippen molar-refractivity contribution >= 4 is 39.1 Å². The second kappa shape index (κ2) is 13.3. The van der Waals surface area contributed by atoms with Gasteiger partial charge in [0.1, 0.15) is 11.8 Å². The molecule has 2 amide bonds. The number of nitrogens with one attached hydrogen (secondary N) is 1. The number of carbonyl (C=O) groups is 2. The van der Waals surface area contributed by atoms with Gasteiger partial charge in [-0.3, -0.25) is 13.9 Å². The number of hydrogen-bond acceptors (Lipinski definition) is 5. The van der Waals surface area contributed by atoms with Crippen LogP contribution in [0.5, 0.6) is 5.75 Å². The Labute approximate surface area is 213 Å². The van der Waals surface area contributed by atoms with E-state index in [1.807, 2.05) is 26.0 Å². The molecule has 2 aromatic rings. The second-order valence-corrected chi connectivity index (χ2v) is 10.4. The zero-order chi connectivity index (χ0) is 26.0. The monoisotopic (exact) mass is 523 g/mol. The fourth-order valence-corrected chi connectivity index (χ4v) is 4.84. The van der Waals surface area contributed by atoms with Crippen molar-refractivity contribution in [3.63, 3.8) is 0 Å². The Hall–Kier alpha value is -2.78. The molecule has 8 nitrogen and oxygen atoms in total. The molecule has 0 radical (unpaired) electrons. The first-order valence-corrected chi connectivity index (χ1v) is 13.8. The molecule has 0 saturated heterocycles. The molecule has 0 aliphatic rings. The van der Waals surface area contributed by atoms with E-state index in [0.717, 1.165) is 11.8 Å². The number of rotatable bonds is 13. The number of benzene rings is 2. The maximum atomic E-state index is 13.3. The number of sulfonamides is 1. The van der Waals surface area contributed by atoms with Gasteiger partial charge in [0, 0.05) is 31.6 Å². The fourth-order valence-electron chi connectivity index (χ4n) is 3.75. The quantitative estimate of drug-likeness (QED) is 0.430. The highest BCUT2D eigenvalue weighted by atomic mass is 35.5. The van der Waals surface area contributed by atoms with Crippen molar-refractivity contribution in [2.24, 2.45) is 0 Å². The minimum atomic E-state index is -3.56. The van der Waals surface area contributed by atoms with Gasteiger partial charge >= 0.3 is 0 Å². The highest BCUT2D eigenvalue weighted by Gasteiger charge is 2.28. The molecule has 1 atom stereocenters. The molecule has 0 saturated carbocycles. The van der Waals surface area contributed by atoms with Crippen molar-refractivity contribution < 1.29 is 22.7 Å². The van der Waals surface area contributed by atoms with Gasteiger partial charge in [0.2, 0.25) is 21.8 Å². The van der Waals surface area contributed by atoms with Crippen molar-refractivity contribution in [2.75, 3.05) is 30.8 Å². The van der Waals surface area contributed by atoms with Crippen LogP contribution in [0.15, 0.2) is 48.5 Å². The predicted octanol–water partition coefficient (Wildman–Crippen LogP) is 3.84. The van der Waals surface area contributed by atoms with Crippen molar-refractivity contribution in [1.82, 2.24) is 10.2 Å². The number of hydrogen-bond donors (Lipinski definition) is 1. The lowest BCUT2D eigenvalue weighted by molar-refractivity contribution is -0.141. The summed E-state index contributed by atoms with van der Waals surface area (Å²) in [7, 11) is -2.02. The summed E-state index contributed by atoms with van der Waals surface area (Å²) in [5.41, 5.74) is 1.34. The molecule has 1 N–H and O–H groups in total. The topological polar surface area (TPSA) is 96.0 Å². The Morgan fingerprint density at radius 3 is 2.20 bits per heavy atom. The molecular formula is C25H34ClN3O5S. The minimum absolute atomic E-state index is 0.0874. The molecule has 1 unspecified atom stereocenters. The van der Waals surface area contributed by atoms with Gasteiger partial charge in [-0.25, -0.2) is 8.42 Å². The lowest BCUT2D eigenvalue weighted by atomic mass is 10.1. The fraction of sp³-hybridized carbons (Fsp3) is 0.440. The Kier molecular flexibility index (Phi) is 10.9. The summed E-state index contributed by atoms with van der Waals surface area (Å²) in [5, 5.41) is 3.21. The molecule has 0 heterocycles. The summed E-state index contributed by atoms with van der Waals surface area (Å²) in [4.78, 5) is 27.3. The van der Waals surface area contributed by atoms with Gasteiger partial charge < -0.3 is 15.0 Å². The first kappa shape index (κ1) is 28.5. The highest BCUT2D eigenvalue weighted by molar-refractivity contribution is 7.92. The number of amides is 2. The zero-order valence-electron chi connectivity index (χ0n) is 20.7. The average Bonchev–Trinajstić information content (AvgIpc) is 2.82. The third-order valence-electron chi connectivity index (χ3n) is 5.49. The summed E-state index contributed by atoms with van der Waals surface area (Å²) in [6, 6.07) is 13.3. The summed E-state index contributed by atoms with van der Waals surface area (Å²) in [6.07, 6.45) is 1.96. The van der Waals surface area contributed by atoms with Crippen LogP contribution < -0.4 is 14.4 Å². The van der Waals surface area contributed by atoms with Crippen LogP contribution in [0.2, 0.25) is 5.02 Å². The van der Waals surface area contributed by atoms with Gasteiger partial charge in [-0.05, 0) is 61.7 Å². The number of carbonyl (C=O) groups excluding carboxylic acids is 2. The van der Waals surface area contributed by atoms with E-state index in [1.165, 1.54) is 11.4 Å². The third-order valence-corrected chi connectivity index (χ3v) is 6.93. The van der Waals surface area contributed by atoms with E-state index in [1.54, 1.807) is 41.3 Å². The third kappa shape index (κ3) is 8.43. The normalized spacial score (nSPS) is 12.0. The number of anilines is 1. The maximum absolute atomic E-state index is 13.3. The van der Waals surface area contributed by atoms with Crippen molar-refractivity contribution in [1.29, 1.82) is 0 Å². The van der Waals surface area contributed by atoms with E-state index in [2.05, 4.69) is 5.32 Å². The van der Waals surface area contributed by atoms with Gasteiger partial charge in [-0.15, -0.1) is 0 Å². The largest absolute Gasteiger partial charge is 0.494 e. The lowest BCUT2D eigenvalue weighted by Gasteiger charge is -2.30. The molecule has 2 aromatic carbocycles. The maximum Gasteiger partial charge on any atom is 0.242 e. The van der Waals surface area contributed by atoms with E-state index in [9.17, 15) is 18.0 Å². The first-order valence-electron chi connectivity index (χ1n) is 11.6. The van der Waals surface area contributed by atoms with E-state index in [0.29, 0.717) is 35.9 Å². The van der Waals surface area contributed by atoms with Crippen molar-refractivity contribution in [3.05, 3.63) is 59.1 Å². The zero-order valence-corrected chi connectivity index (χ0v) is 22.2. The van der Waals surface area contributed by atoms with E-state index in [-0.39, 0.29) is 31.3 Å². The first-order chi connectivity index (χ1) is 16.6. The van der Waals surface area contributed by atoms with Gasteiger partial charge in [-0.1, -0.05) is 30.7 Å². The molecule has 0 fully saturated rings. The molecular weight excluding hydrogens is 490 g/mol. The summed E-state index contributed by atoms with van der Waals surface area (Å²) >= 11 is 5.98. The van der Waals surface area contributed by atoms with E-state index in [4.69, 9.17) is 16.3 Å². The van der Waals surface area contributed by atoms with E-state index >= 15 is 0 Å². The van der Waals surface area contributed by atoms with Crippen LogP contribution >= 0.6 is 11.6 Å². The Morgan fingerprint density at radius 2 is 1.69 bits per heavy atom. The van der Waals surface area contributed by atoms with Gasteiger partial charge in [-0.2, -0.15) is 0 Å². The van der Waals surface area contributed by atoms with Crippen LogP contribution in [-0.4, -0.2) is 57.6 Å². The van der Waals surface area contributed by atoms with Crippen LogP contribution in [0.4, 0.5) is 5.69 Å². The molecule has 0 aliphatic heterocycles. The molecule has 35 heavy (non-hydrogen) atoms. The molecule has 192 valence electrons. The summed E-state index contributed by atoms with van der Waals surface area (Å²) in [5.74, 6) is 0.176. The molecule has 0 aliphatic carbocycles. The predicted molar refractivity (Wildman–Crippen MR) is 139 cm³/mol. The van der Waals surface area contributed by atoms with Crippen molar-refractivity contribution in [3.8, 4) is 5.75 Å². The summed E-state index contributed by atoms with van der Waals surface area (Å²) < 4.78 is 31.6. The van der Waals surface area contributed by atoms with Crippen LogP contribution in [0, 0.1) is 0 Å². The van der Waals surface area contributed by atoms with Gasteiger partial charge in [0.05, 0.1) is 18.6 Å². The smallest absolute Gasteiger partial charge is 0.242 e. The number of nitrogens with zero attached hydrogens (tertiary/aromatic N) is 2. The van der Waals surface area contributed by atoms with Crippen LogP contribution in [0.3, 0.4) is 0 Å². The Bertz CT molecular complexity index is 1080. The number of ether oxygens (including phenoxy) is 1. The van der Waals surface area contributed by atoms with Crippen LogP contribution in [-0.2, 0) is 26.2 Å². The van der Waals surface area contributed by atoms with Gasteiger partial charge in [0.15, 0.2) is 0 Å². The van der Waals surface area contributed by atoms with Crippen molar-refractivity contribution in [2.45, 2.75) is 45.7 Å². The molecule has 2 rings (SSSR count). The van der Waals surface area contributed by atoms with Crippen LogP contribution in [0.1, 0.15) is 38.7 Å². The highest BCUT2D eigenvalue weighted by Crippen LogP contribution is 2.23. The lowest BCUT2D eigenvalue weighted by Crippen LogP contribution is -2.48. The Balaban J connectivity index is 2.16. The SMILES string of the molecule is CCOc1ccc(N(CCCC(=O)N(Cc2ccc(Cl)cc2)C(CC)C(=O)NC)S(C)(=O)=O)cc1.